The molecule has 0 saturated carbocycles. The lowest BCUT2D eigenvalue weighted by atomic mass is 9.82. The molecule has 0 saturated heterocycles. The predicted molar refractivity (Wildman–Crippen MR) is 40.8 cm³/mol. The van der Waals surface area contributed by atoms with Gasteiger partial charge in [-0.1, -0.05) is 12.2 Å². The zero-order valence-corrected chi connectivity index (χ0v) is 6.26. The van der Waals surface area contributed by atoms with Crippen molar-refractivity contribution in [3.63, 3.8) is 0 Å². The minimum atomic E-state index is -0.141. The third-order valence-corrected chi connectivity index (χ3v) is 1.85. The molecule has 1 aliphatic carbocycles. The van der Waals surface area contributed by atoms with Crippen LogP contribution in [0.5, 0.6) is 0 Å². The van der Waals surface area contributed by atoms with Crippen molar-refractivity contribution in [1.29, 1.82) is 0 Å². The molecule has 2 nitrogen and oxygen atoms in total. The summed E-state index contributed by atoms with van der Waals surface area (Å²) in [5.41, 5.74) is -0.141. The van der Waals surface area contributed by atoms with Crippen molar-refractivity contribution in [1.82, 2.24) is 0 Å². The largest absolute Gasteiger partial charge is 0.412 e. The summed E-state index contributed by atoms with van der Waals surface area (Å²) in [6.07, 6.45) is 8.48. The smallest absolute Gasteiger partial charge is 0.129 e. The molecular weight excluding hydrogens is 128 g/mol. The van der Waals surface area contributed by atoms with Gasteiger partial charge in [0.1, 0.15) is 6.29 Å². The molecule has 1 atom stereocenters. The number of carbonyl (C=O) groups is 1. The average Bonchev–Trinajstić information content (AvgIpc) is 1.90. The van der Waals surface area contributed by atoms with E-state index in [9.17, 15) is 4.79 Å². The van der Waals surface area contributed by atoms with Gasteiger partial charge in [-0.15, -0.1) is 0 Å². The highest BCUT2D eigenvalue weighted by molar-refractivity contribution is 5.62. The fourth-order valence-corrected chi connectivity index (χ4v) is 1.13. The van der Waals surface area contributed by atoms with Crippen LogP contribution in [0.15, 0.2) is 12.2 Å². The molecule has 0 fully saturated rings. The second kappa shape index (κ2) is 3.52. The second-order valence-corrected chi connectivity index (χ2v) is 2.92. The molecule has 2 heteroatoms. The maximum Gasteiger partial charge on any atom is 0.129 e. The Labute approximate surface area is 61.2 Å². The minimum Gasteiger partial charge on any atom is -0.412 e. The van der Waals surface area contributed by atoms with Gasteiger partial charge in [-0.05, 0) is 26.2 Å². The normalized spacial score (nSPS) is 30.9. The van der Waals surface area contributed by atoms with Crippen LogP contribution in [-0.4, -0.2) is 11.8 Å². The summed E-state index contributed by atoms with van der Waals surface area (Å²) >= 11 is 0. The van der Waals surface area contributed by atoms with E-state index >= 15 is 0 Å². The SMILES string of the molecule is CC1(C=O)C=CCCC1.O. The summed E-state index contributed by atoms with van der Waals surface area (Å²) in [5.74, 6) is 0. The van der Waals surface area contributed by atoms with Crippen LogP contribution >= 0.6 is 0 Å². The quantitative estimate of drug-likeness (QED) is 0.399. The number of aldehydes is 1. The maximum absolute atomic E-state index is 10.4. The molecule has 0 aromatic heterocycles. The lowest BCUT2D eigenvalue weighted by molar-refractivity contribution is -0.113. The molecule has 1 unspecified atom stereocenters. The highest BCUT2D eigenvalue weighted by atomic mass is 16.1. The molecule has 0 spiro atoms. The molecule has 1 aliphatic rings. The highest BCUT2D eigenvalue weighted by Gasteiger charge is 2.20. The molecule has 0 amide bonds. The molecule has 0 heterocycles. The van der Waals surface area contributed by atoms with Crippen molar-refractivity contribution in [2.45, 2.75) is 26.2 Å². The number of rotatable bonds is 1. The molecule has 10 heavy (non-hydrogen) atoms. The Morgan fingerprint density at radius 1 is 1.60 bits per heavy atom. The van der Waals surface area contributed by atoms with Gasteiger partial charge in [-0.25, -0.2) is 0 Å². The molecule has 0 aliphatic heterocycles. The van der Waals surface area contributed by atoms with Gasteiger partial charge in [-0.3, -0.25) is 0 Å². The van der Waals surface area contributed by atoms with E-state index in [4.69, 9.17) is 0 Å². The van der Waals surface area contributed by atoms with Crippen molar-refractivity contribution >= 4 is 6.29 Å². The van der Waals surface area contributed by atoms with Gasteiger partial charge in [0, 0.05) is 5.41 Å². The zero-order chi connectivity index (χ0) is 6.74. The molecule has 1 rings (SSSR count). The molecule has 0 aromatic rings. The van der Waals surface area contributed by atoms with E-state index in [2.05, 4.69) is 6.08 Å². The van der Waals surface area contributed by atoms with Crippen LogP contribution in [0.4, 0.5) is 0 Å². The number of allylic oxidation sites excluding steroid dienone is 2. The van der Waals surface area contributed by atoms with Crippen LogP contribution in [-0.2, 0) is 4.79 Å². The Morgan fingerprint density at radius 3 is 2.60 bits per heavy atom. The standard InChI is InChI=1S/C8H12O.H2O/c1-8(7-9)5-3-2-4-6-8;/h3,5,7H,2,4,6H2,1H3;1H2. The van der Waals surface area contributed by atoms with Crippen molar-refractivity contribution in [3.8, 4) is 0 Å². The molecule has 58 valence electrons. The summed E-state index contributed by atoms with van der Waals surface area (Å²) in [5, 5.41) is 0. The Kier molecular flexibility index (Phi) is 3.30. The summed E-state index contributed by atoms with van der Waals surface area (Å²) in [6.45, 7) is 1.98. The summed E-state index contributed by atoms with van der Waals surface area (Å²) in [4.78, 5) is 10.4. The van der Waals surface area contributed by atoms with Gasteiger partial charge < -0.3 is 10.3 Å². The van der Waals surface area contributed by atoms with Gasteiger partial charge in [0.2, 0.25) is 0 Å². The van der Waals surface area contributed by atoms with E-state index in [1.165, 1.54) is 0 Å². The van der Waals surface area contributed by atoms with E-state index in [0.29, 0.717) is 0 Å². The van der Waals surface area contributed by atoms with E-state index in [-0.39, 0.29) is 10.9 Å². The van der Waals surface area contributed by atoms with E-state index in [1.54, 1.807) is 0 Å². The van der Waals surface area contributed by atoms with Crippen LogP contribution in [0.1, 0.15) is 26.2 Å². The monoisotopic (exact) mass is 142 g/mol. The number of carbonyl (C=O) groups excluding carboxylic acids is 1. The van der Waals surface area contributed by atoms with Gasteiger partial charge >= 0.3 is 0 Å². The van der Waals surface area contributed by atoms with Crippen LogP contribution in [0.3, 0.4) is 0 Å². The molecular formula is C8H14O2. The van der Waals surface area contributed by atoms with Gasteiger partial charge in [0.25, 0.3) is 0 Å². The Hall–Kier alpha value is -0.630. The Balaban J connectivity index is 0.000000810. The summed E-state index contributed by atoms with van der Waals surface area (Å²) in [6, 6.07) is 0. The van der Waals surface area contributed by atoms with Crippen LogP contribution < -0.4 is 0 Å². The molecule has 0 radical (unpaired) electrons. The van der Waals surface area contributed by atoms with Crippen LogP contribution in [0.2, 0.25) is 0 Å². The molecule has 0 bridgehead atoms. The second-order valence-electron chi connectivity index (χ2n) is 2.92. The van der Waals surface area contributed by atoms with Gasteiger partial charge in [0.05, 0.1) is 0 Å². The third kappa shape index (κ3) is 1.95. The van der Waals surface area contributed by atoms with E-state index < -0.39 is 0 Å². The average molecular weight is 142 g/mol. The van der Waals surface area contributed by atoms with Crippen molar-refractivity contribution in [2.75, 3.05) is 0 Å². The summed E-state index contributed by atoms with van der Waals surface area (Å²) < 4.78 is 0. The summed E-state index contributed by atoms with van der Waals surface area (Å²) in [7, 11) is 0. The maximum atomic E-state index is 10.4. The number of hydrogen-bond acceptors (Lipinski definition) is 1. The van der Waals surface area contributed by atoms with Crippen molar-refractivity contribution in [3.05, 3.63) is 12.2 Å². The fourth-order valence-electron chi connectivity index (χ4n) is 1.13. The van der Waals surface area contributed by atoms with Gasteiger partial charge in [0.15, 0.2) is 0 Å². The first-order chi connectivity index (χ1) is 4.27. The van der Waals surface area contributed by atoms with E-state index in [1.807, 2.05) is 13.0 Å². The number of hydrogen-bond donors (Lipinski definition) is 0. The van der Waals surface area contributed by atoms with Crippen molar-refractivity contribution < 1.29 is 10.3 Å². The first-order valence-corrected chi connectivity index (χ1v) is 3.41. The van der Waals surface area contributed by atoms with E-state index in [0.717, 1.165) is 25.5 Å². The Bertz CT molecular complexity index is 140. The topological polar surface area (TPSA) is 48.6 Å². The highest BCUT2D eigenvalue weighted by Crippen LogP contribution is 2.27. The lowest BCUT2D eigenvalue weighted by Gasteiger charge is -2.21. The lowest BCUT2D eigenvalue weighted by Crippen LogP contribution is -2.16. The zero-order valence-electron chi connectivity index (χ0n) is 6.26. The predicted octanol–water partition coefficient (Wildman–Crippen LogP) is 1.11. The van der Waals surface area contributed by atoms with Crippen molar-refractivity contribution in [2.24, 2.45) is 5.41 Å². The third-order valence-electron chi connectivity index (χ3n) is 1.85. The molecule has 0 aromatic carbocycles. The fraction of sp³-hybridized carbons (Fsp3) is 0.625. The van der Waals surface area contributed by atoms with Crippen LogP contribution in [0, 0.1) is 5.41 Å². The first-order valence-electron chi connectivity index (χ1n) is 3.41. The molecule has 2 N–H and O–H groups in total. The van der Waals surface area contributed by atoms with Gasteiger partial charge in [-0.2, -0.15) is 0 Å². The first kappa shape index (κ1) is 9.37. The minimum absolute atomic E-state index is 0. The Morgan fingerprint density at radius 2 is 2.30 bits per heavy atom. The van der Waals surface area contributed by atoms with Crippen LogP contribution in [0.25, 0.3) is 0 Å².